The lowest BCUT2D eigenvalue weighted by molar-refractivity contribution is -0.141. The number of carbonyl (C=O) groups is 1. The van der Waals surface area contributed by atoms with Crippen LogP contribution in [0, 0.1) is 11.3 Å². The van der Waals surface area contributed by atoms with Crippen molar-refractivity contribution in [2.24, 2.45) is 0 Å². The lowest BCUT2D eigenvalue weighted by Gasteiger charge is -2.20. The van der Waals surface area contributed by atoms with Gasteiger partial charge in [0.15, 0.2) is 0 Å². The summed E-state index contributed by atoms with van der Waals surface area (Å²) in [6, 6.07) is 3.96. The van der Waals surface area contributed by atoms with Gasteiger partial charge in [-0.05, 0) is 24.5 Å². The van der Waals surface area contributed by atoms with E-state index in [0.717, 1.165) is 0 Å². The third-order valence-electron chi connectivity index (χ3n) is 2.84. The molecule has 0 spiro atoms. The van der Waals surface area contributed by atoms with Crippen molar-refractivity contribution in [3.8, 4) is 6.07 Å². The first-order valence-corrected chi connectivity index (χ1v) is 5.82. The zero-order valence-electron chi connectivity index (χ0n) is 10.7. The summed E-state index contributed by atoms with van der Waals surface area (Å²) in [5.74, 6) is -1.05. The highest BCUT2D eigenvalue weighted by molar-refractivity contribution is 5.72. The van der Waals surface area contributed by atoms with Crippen molar-refractivity contribution < 1.29 is 9.90 Å². The van der Waals surface area contributed by atoms with Gasteiger partial charge in [0.1, 0.15) is 17.7 Å². The summed E-state index contributed by atoms with van der Waals surface area (Å²) in [4.78, 5) is 23.3. The molecule has 0 aromatic carbocycles. The molecule has 96 valence electrons. The minimum absolute atomic E-state index is 0.0128. The minimum Gasteiger partial charge on any atom is -0.480 e. The fraction of sp³-hybridized carbons (Fsp3) is 0.462. The molecule has 5 heteroatoms. The average Bonchev–Trinajstić information content (AvgIpc) is 2.31. The molecule has 0 radical (unpaired) electrons. The molecule has 0 fully saturated rings. The van der Waals surface area contributed by atoms with E-state index in [9.17, 15) is 14.7 Å². The van der Waals surface area contributed by atoms with Crippen LogP contribution in [0.5, 0.6) is 0 Å². The van der Waals surface area contributed by atoms with E-state index in [0.29, 0.717) is 12.1 Å². The Bertz CT molecular complexity index is 552. The quantitative estimate of drug-likeness (QED) is 0.881. The predicted molar refractivity (Wildman–Crippen MR) is 66.5 cm³/mol. The van der Waals surface area contributed by atoms with Gasteiger partial charge in [0.2, 0.25) is 0 Å². The third-order valence-corrected chi connectivity index (χ3v) is 2.84. The third kappa shape index (κ3) is 2.43. The van der Waals surface area contributed by atoms with Crippen molar-refractivity contribution in [1.29, 1.82) is 5.26 Å². The second-order valence-corrected chi connectivity index (χ2v) is 4.38. The van der Waals surface area contributed by atoms with Crippen LogP contribution in [0.1, 0.15) is 50.4 Å². The van der Waals surface area contributed by atoms with Gasteiger partial charge in [-0.25, -0.2) is 4.79 Å². The largest absolute Gasteiger partial charge is 0.480 e. The first-order chi connectivity index (χ1) is 8.43. The standard InChI is InChI=1S/C13H16N2O3/c1-4-10(13(17)18)15-11(8(2)3)6-5-9(7-14)12(15)16/h5-6,8,10H,4H2,1-3H3,(H,17,18). The molecule has 1 atom stereocenters. The molecular weight excluding hydrogens is 232 g/mol. The molecule has 1 aromatic rings. The number of hydrogen-bond acceptors (Lipinski definition) is 3. The Balaban J connectivity index is 3.61. The van der Waals surface area contributed by atoms with Gasteiger partial charge in [0.05, 0.1) is 0 Å². The van der Waals surface area contributed by atoms with Gasteiger partial charge in [-0.3, -0.25) is 9.36 Å². The van der Waals surface area contributed by atoms with E-state index in [1.54, 1.807) is 19.1 Å². The summed E-state index contributed by atoms with van der Waals surface area (Å²) in [7, 11) is 0. The molecule has 5 nitrogen and oxygen atoms in total. The maximum Gasteiger partial charge on any atom is 0.326 e. The second-order valence-electron chi connectivity index (χ2n) is 4.38. The van der Waals surface area contributed by atoms with Crippen molar-refractivity contribution in [3.05, 3.63) is 33.7 Å². The molecule has 0 aliphatic rings. The number of aromatic nitrogens is 1. The number of pyridine rings is 1. The molecule has 0 aliphatic carbocycles. The van der Waals surface area contributed by atoms with Crippen LogP contribution in [0.15, 0.2) is 16.9 Å². The molecule has 0 saturated heterocycles. The Hall–Kier alpha value is -2.09. The van der Waals surface area contributed by atoms with Gasteiger partial charge in [-0.2, -0.15) is 5.26 Å². The maximum atomic E-state index is 12.1. The molecule has 0 saturated carbocycles. The van der Waals surface area contributed by atoms with Crippen molar-refractivity contribution in [3.63, 3.8) is 0 Å². The molecule has 1 rings (SSSR count). The van der Waals surface area contributed by atoms with E-state index >= 15 is 0 Å². The van der Waals surface area contributed by atoms with E-state index in [4.69, 9.17) is 5.26 Å². The van der Waals surface area contributed by atoms with Crippen molar-refractivity contribution in [1.82, 2.24) is 4.57 Å². The van der Waals surface area contributed by atoms with E-state index < -0.39 is 17.6 Å². The maximum absolute atomic E-state index is 12.1. The summed E-state index contributed by atoms with van der Waals surface area (Å²) in [6.45, 7) is 5.46. The highest BCUT2D eigenvalue weighted by Crippen LogP contribution is 2.19. The van der Waals surface area contributed by atoms with Gasteiger partial charge in [0, 0.05) is 5.69 Å². The number of rotatable bonds is 4. The van der Waals surface area contributed by atoms with E-state index in [1.807, 2.05) is 13.8 Å². The number of carboxylic acids is 1. The van der Waals surface area contributed by atoms with Crippen molar-refractivity contribution in [2.45, 2.75) is 39.2 Å². The molecule has 1 unspecified atom stereocenters. The van der Waals surface area contributed by atoms with Crippen molar-refractivity contribution >= 4 is 5.97 Å². The summed E-state index contributed by atoms with van der Waals surface area (Å²) < 4.78 is 1.23. The number of carboxylic acid groups (broad SMARTS) is 1. The summed E-state index contributed by atoms with van der Waals surface area (Å²) in [5.41, 5.74) is 0.0744. The van der Waals surface area contributed by atoms with Crippen LogP contribution in [-0.4, -0.2) is 15.6 Å². The van der Waals surface area contributed by atoms with Crippen LogP contribution in [0.3, 0.4) is 0 Å². The minimum atomic E-state index is -1.06. The van der Waals surface area contributed by atoms with Crippen LogP contribution < -0.4 is 5.56 Å². The smallest absolute Gasteiger partial charge is 0.326 e. The molecule has 0 aliphatic heterocycles. The van der Waals surface area contributed by atoms with Crippen LogP contribution in [0.2, 0.25) is 0 Å². The molecule has 1 aromatic heterocycles. The lowest BCUT2D eigenvalue weighted by atomic mass is 10.1. The number of hydrogen-bond donors (Lipinski definition) is 1. The number of nitriles is 1. The Morgan fingerprint density at radius 3 is 2.50 bits per heavy atom. The zero-order chi connectivity index (χ0) is 13.9. The molecule has 1 N–H and O–H groups in total. The summed E-state index contributed by atoms with van der Waals surface area (Å²) >= 11 is 0. The highest BCUT2D eigenvalue weighted by Gasteiger charge is 2.23. The van der Waals surface area contributed by atoms with Crippen LogP contribution in [0.25, 0.3) is 0 Å². The zero-order valence-corrected chi connectivity index (χ0v) is 10.7. The lowest BCUT2D eigenvalue weighted by Crippen LogP contribution is -2.33. The van der Waals surface area contributed by atoms with Crippen molar-refractivity contribution in [2.75, 3.05) is 0 Å². The van der Waals surface area contributed by atoms with Crippen LogP contribution >= 0.6 is 0 Å². The SMILES string of the molecule is CCC(C(=O)O)n1c(C(C)C)ccc(C#N)c1=O. The fourth-order valence-corrected chi connectivity index (χ4v) is 1.91. The second kappa shape index (κ2) is 5.50. The first-order valence-electron chi connectivity index (χ1n) is 5.82. The van der Waals surface area contributed by atoms with Gasteiger partial charge >= 0.3 is 5.97 Å². The summed E-state index contributed by atoms with van der Waals surface area (Å²) in [5, 5.41) is 18.0. The molecule has 0 amide bonds. The topological polar surface area (TPSA) is 83.1 Å². The highest BCUT2D eigenvalue weighted by atomic mass is 16.4. The Morgan fingerprint density at radius 2 is 2.11 bits per heavy atom. The van der Waals surface area contributed by atoms with E-state index in [1.165, 1.54) is 10.6 Å². The van der Waals surface area contributed by atoms with Gasteiger partial charge < -0.3 is 5.11 Å². The predicted octanol–water partition coefficient (Wildman–Crippen LogP) is 1.88. The van der Waals surface area contributed by atoms with Gasteiger partial charge in [-0.15, -0.1) is 0 Å². The molecule has 1 heterocycles. The van der Waals surface area contributed by atoms with E-state index in [-0.39, 0.29) is 11.5 Å². The van der Waals surface area contributed by atoms with Gasteiger partial charge in [-0.1, -0.05) is 20.8 Å². The van der Waals surface area contributed by atoms with Crippen LogP contribution in [0.4, 0.5) is 0 Å². The van der Waals surface area contributed by atoms with Gasteiger partial charge in [0.25, 0.3) is 5.56 Å². The number of aliphatic carboxylic acids is 1. The Labute approximate surface area is 105 Å². The molecule has 0 bridgehead atoms. The Kier molecular flexibility index (Phi) is 4.27. The summed E-state index contributed by atoms with van der Waals surface area (Å²) in [6.07, 6.45) is 0.295. The normalized spacial score (nSPS) is 12.2. The average molecular weight is 248 g/mol. The van der Waals surface area contributed by atoms with Crippen LogP contribution in [-0.2, 0) is 4.79 Å². The van der Waals surface area contributed by atoms with E-state index in [2.05, 4.69) is 0 Å². The monoisotopic (exact) mass is 248 g/mol. The molecule has 18 heavy (non-hydrogen) atoms. The Morgan fingerprint density at radius 1 is 1.50 bits per heavy atom. The first kappa shape index (κ1) is 14.0. The molecular formula is C13H16N2O3. The fourth-order valence-electron chi connectivity index (χ4n) is 1.91. The number of nitrogens with zero attached hydrogens (tertiary/aromatic N) is 2.